The minimum Gasteiger partial charge on any atom is -0.496 e. The number of benzene rings is 3. The minimum atomic E-state index is -0.435. The van der Waals surface area contributed by atoms with Crippen molar-refractivity contribution < 1.29 is 19.1 Å². The lowest BCUT2D eigenvalue weighted by Crippen LogP contribution is -2.13. The largest absolute Gasteiger partial charge is 0.496 e. The monoisotopic (exact) mass is 414 g/mol. The third-order valence-corrected chi connectivity index (χ3v) is 4.89. The molecular weight excluding hydrogens is 388 g/mol. The zero-order chi connectivity index (χ0) is 22.4. The Morgan fingerprint density at radius 3 is 2.03 bits per heavy atom. The first-order valence-electron chi connectivity index (χ1n) is 10.1. The highest BCUT2D eigenvalue weighted by molar-refractivity contribution is 6.07. The first-order chi connectivity index (χ1) is 14.8. The van der Waals surface area contributed by atoms with Gasteiger partial charge in [0.05, 0.1) is 12.7 Å². The number of ketones is 1. The van der Waals surface area contributed by atoms with Gasteiger partial charge in [-0.15, -0.1) is 0 Å². The highest BCUT2D eigenvalue weighted by Crippen LogP contribution is 2.23. The van der Waals surface area contributed by atoms with Crippen molar-refractivity contribution in [2.24, 2.45) is 0 Å². The van der Waals surface area contributed by atoms with Gasteiger partial charge < -0.3 is 9.47 Å². The molecule has 3 aromatic rings. The molecular formula is C27H26O4. The van der Waals surface area contributed by atoms with E-state index < -0.39 is 5.97 Å². The van der Waals surface area contributed by atoms with Gasteiger partial charge in [0.1, 0.15) is 11.5 Å². The Hall–Kier alpha value is -3.66. The number of rotatable bonds is 6. The van der Waals surface area contributed by atoms with E-state index >= 15 is 0 Å². The second-order valence-electron chi connectivity index (χ2n) is 8.18. The summed E-state index contributed by atoms with van der Waals surface area (Å²) < 4.78 is 10.7. The molecule has 0 saturated heterocycles. The summed E-state index contributed by atoms with van der Waals surface area (Å²) in [4.78, 5) is 24.9. The van der Waals surface area contributed by atoms with Gasteiger partial charge in [-0.2, -0.15) is 0 Å². The molecule has 158 valence electrons. The number of hydrogen-bond acceptors (Lipinski definition) is 4. The molecule has 0 heterocycles. The van der Waals surface area contributed by atoms with E-state index in [0.29, 0.717) is 22.6 Å². The number of allylic oxidation sites excluding steroid dienone is 1. The molecule has 0 aliphatic heterocycles. The number of esters is 1. The van der Waals surface area contributed by atoms with Gasteiger partial charge in [0.15, 0.2) is 5.78 Å². The lowest BCUT2D eigenvalue weighted by molar-refractivity contribution is 0.0734. The van der Waals surface area contributed by atoms with Gasteiger partial charge in [0, 0.05) is 11.1 Å². The quantitative estimate of drug-likeness (QED) is 0.211. The molecule has 3 rings (SSSR count). The van der Waals surface area contributed by atoms with Gasteiger partial charge in [0.25, 0.3) is 0 Å². The van der Waals surface area contributed by atoms with Crippen LogP contribution in [0.15, 0.2) is 78.9 Å². The average Bonchev–Trinajstić information content (AvgIpc) is 2.77. The number of methoxy groups -OCH3 is 1. The molecule has 0 radical (unpaired) electrons. The van der Waals surface area contributed by atoms with Gasteiger partial charge in [-0.25, -0.2) is 4.79 Å². The second-order valence-corrected chi connectivity index (χ2v) is 8.18. The molecule has 3 aromatic carbocycles. The Labute approximate surface area is 183 Å². The summed E-state index contributed by atoms with van der Waals surface area (Å²) in [5.41, 5.74) is 2.97. The summed E-state index contributed by atoms with van der Waals surface area (Å²) >= 11 is 0. The van der Waals surface area contributed by atoms with Crippen LogP contribution in [0.3, 0.4) is 0 Å². The van der Waals surface area contributed by atoms with Crippen LogP contribution in [0.2, 0.25) is 0 Å². The lowest BCUT2D eigenvalue weighted by Gasteiger charge is -2.18. The zero-order valence-electron chi connectivity index (χ0n) is 18.2. The van der Waals surface area contributed by atoms with Crippen molar-refractivity contribution in [3.8, 4) is 11.5 Å². The molecule has 4 heteroatoms. The molecule has 0 bridgehead atoms. The van der Waals surface area contributed by atoms with Crippen molar-refractivity contribution in [3.63, 3.8) is 0 Å². The first-order valence-corrected chi connectivity index (χ1v) is 10.1. The number of carbonyl (C=O) groups is 2. The van der Waals surface area contributed by atoms with Crippen molar-refractivity contribution in [1.29, 1.82) is 0 Å². The normalized spacial score (nSPS) is 11.4. The molecule has 0 fully saturated rings. The minimum absolute atomic E-state index is 0.0187. The van der Waals surface area contributed by atoms with Crippen molar-refractivity contribution in [2.45, 2.75) is 26.2 Å². The first kappa shape index (κ1) is 22.0. The summed E-state index contributed by atoms with van der Waals surface area (Å²) in [7, 11) is 1.59. The van der Waals surface area contributed by atoms with Gasteiger partial charge in [-0.05, 0) is 65.6 Å². The fraction of sp³-hybridized carbons (Fsp3) is 0.185. The van der Waals surface area contributed by atoms with E-state index in [2.05, 4.69) is 20.8 Å². The van der Waals surface area contributed by atoms with Crippen LogP contribution in [0.1, 0.15) is 52.6 Å². The van der Waals surface area contributed by atoms with E-state index in [0.717, 1.165) is 11.1 Å². The van der Waals surface area contributed by atoms with E-state index in [1.54, 1.807) is 49.6 Å². The maximum atomic E-state index is 12.5. The molecule has 0 amide bonds. The molecule has 0 saturated carbocycles. The van der Waals surface area contributed by atoms with E-state index in [-0.39, 0.29) is 11.2 Å². The van der Waals surface area contributed by atoms with E-state index in [4.69, 9.17) is 9.47 Å². The van der Waals surface area contributed by atoms with E-state index in [1.165, 1.54) is 6.08 Å². The number of carbonyl (C=O) groups excluding carboxylic acids is 2. The Balaban J connectivity index is 1.65. The smallest absolute Gasteiger partial charge is 0.343 e. The number of hydrogen-bond donors (Lipinski definition) is 0. The van der Waals surface area contributed by atoms with Gasteiger partial charge in [-0.1, -0.05) is 51.1 Å². The third-order valence-electron chi connectivity index (χ3n) is 4.89. The number of para-hydroxylation sites is 1. The topological polar surface area (TPSA) is 52.6 Å². The second kappa shape index (κ2) is 9.43. The Morgan fingerprint density at radius 2 is 1.42 bits per heavy atom. The summed E-state index contributed by atoms with van der Waals surface area (Å²) in [6.45, 7) is 6.36. The van der Waals surface area contributed by atoms with Gasteiger partial charge >= 0.3 is 5.97 Å². The standard InChI is InChI=1S/C27H26O4/c1-27(2,3)22-14-9-21(10-15-22)26(29)31-23-16-11-19(12-17-23)24(28)18-13-20-7-5-6-8-25(20)30-4/h5-18H,1-4H3. The molecule has 0 aliphatic rings. The molecule has 0 aliphatic carbocycles. The highest BCUT2D eigenvalue weighted by Gasteiger charge is 2.15. The predicted molar refractivity (Wildman–Crippen MR) is 123 cm³/mol. The molecule has 0 unspecified atom stereocenters. The van der Waals surface area contributed by atoms with E-state index in [1.807, 2.05) is 36.4 Å². The van der Waals surface area contributed by atoms with Crippen LogP contribution in [-0.4, -0.2) is 18.9 Å². The predicted octanol–water partition coefficient (Wildman–Crippen LogP) is 6.11. The van der Waals surface area contributed by atoms with Crippen molar-refractivity contribution in [3.05, 3.63) is 101 Å². The van der Waals surface area contributed by atoms with Crippen molar-refractivity contribution in [1.82, 2.24) is 0 Å². The average molecular weight is 415 g/mol. The summed E-state index contributed by atoms with van der Waals surface area (Å²) in [5.74, 6) is 0.497. The molecule has 0 spiro atoms. The maximum Gasteiger partial charge on any atom is 0.343 e. The van der Waals surface area contributed by atoms with E-state index in [9.17, 15) is 9.59 Å². The summed E-state index contributed by atoms with van der Waals surface area (Å²) in [6.07, 6.45) is 3.21. The molecule has 0 N–H and O–H groups in total. The fourth-order valence-electron chi connectivity index (χ4n) is 3.03. The van der Waals surface area contributed by atoms with Crippen LogP contribution in [0.5, 0.6) is 11.5 Å². The Morgan fingerprint density at radius 1 is 0.806 bits per heavy atom. The molecule has 31 heavy (non-hydrogen) atoms. The fourth-order valence-corrected chi connectivity index (χ4v) is 3.03. The third kappa shape index (κ3) is 5.70. The zero-order valence-corrected chi connectivity index (χ0v) is 18.2. The summed E-state index contributed by atoms with van der Waals surface area (Å²) in [5, 5.41) is 0. The summed E-state index contributed by atoms with van der Waals surface area (Å²) in [6, 6.07) is 21.4. The van der Waals surface area contributed by atoms with Gasteiger partial charge in [-0.3, -0.25) is 4.79 Å². The highest BCUT2D eigenvalue weighted by atomic mass is 16.5. The van der Waals surface area contributed by atoms with Gasteiger partial charge in [0.2, 0.25) is 0 Å². The molecule has 0 aromatic heterocycles. The van der Waals surface area contributed by atoms with Crippen LogP contribution in [0, 0.1) is 0 Å². The van der Waals surface area contributed by atoms with Crippen LogP contribution in [0.25, 0.3) is 6.08 Å². The SMILES string of the molecule is COc1ccccc1C=CC(=O)c1ccc(OC(=O)c2ccc(C(C)(C)C)cc2)cc1. The lowest BCUT2D eigenvalue weighted by atomic mass is 9.87. The molecule has 0 atom stereocenters. The van der Waals surface area contributed by atoms with Crippen LogP contribution in [0.4, 0.5) is 0 Å². The molecule has 4 nitrogen and oxygen atoms in total. The van der Waals surface area contributed by atoms with Crippen molar-refractivity contribution in [2.75, 3.05) is 7.11 Å². The Bertz CT molecular complexity index is 1090. The Kier molecular flexibility index (Phi) is 6.71. The van der Waals surface area contributed by atoms with Crippen LogP contribution >= 0.6 is 0 Å². The van der Waals surface area contributed by atoms with Crippen LogP contribution < -0.4 is 9.47 Å². The maximum absolute atomic E-state index is 12.5. The van der Waals surface area contributed by atoms with Crippen molar-refractivity contribution >= 4 is 17.8 Å². The number of ether oxygens (including phenoxy) is 2. The van der Waals surface area contributed by atoms with Crippen LogP contribution in [-0.2, 0) is 5.41 Å².